The molecule has 4 bridgehead atoms. The van der Waals surface area contributed by atoms with Crippen LogP contribution in [0.25, 0.3) is 0 Å². The Balaban J connectivity index is 1.78. The molecule has 0 spiro atoms. The average molecular weight is 264 g/mol. The van der Waals surface area contributed by atoms with Gasteiger partial charge in [0.15, 0.2) is 11.4 Å². The van der Waals surface area contributed by atoms with E-state index in [4.69, 9.17) is 4.74 Å². The van der Waals surface area contributed by atoms with Crippen LogP contribution in [0, 0.1) is 23.2 Å². The molecule has 19 heavy (non-hydrogen) atoms. The van der Waals surface area contributed by atoms with E-state index in [1.165, 1.54) is 26.2 Å². The van der Waals surface area contributed by atoms with Crippen molar-refractivity contribution in [2.45, 2.75) is 64.9 Å². The fourth-order valence-electron chi connectivity index (χ4n) is 4.77. The predicted octanol–water partition coefficient (Wildman–Crippen LogP) is 3.11. The first-order chi connectivity index (χ1) is 8.81. The van der Waals surface area contributed by atoms with E-state index in [2.05, 4.69) is 0 Å². The van der Waals surface area contributed by atoms with Gasteiger partial charge in [0, 0.05) is 0 Å². The van der Waals surface area contributed by atoms with Crippen LogP contribution in [0.5, 0.6) is 0 Å². The normalized spacial score (nSPS) is 40.3. The molecule has 4 aliphatic rings. The third-order valence-corrected chi connectivity index (χ3v) is 5.67. The number of carbonyl (C=O) groups is 2. The lowest BCUT2D eigenvalue weighted by atomic mass is 9.49. The minimum absolute atomic E-state index is 0.0782. The summed E-state index contributed by atoms with van der Waals surface area (Å²) in [5, 5.41) is 0. The molecule has 0 amide bonds. The first-order valence-electron chi connectivity index (χ1n) is 7.55. The second kappa shape index (κ2) is 4.07. The number of rotatable bonds is 3. The summed E-state index contributed by atoms with van der Waals surface area (Å²) in [6.07, 6.45) is 6.90. The molecule has 4 fully saturated rings. The number of ketones is 1. The summed E-state index contributed by atoms with van der Waals surface area (Å²) in [5.41, 5.74) is -1.23. The van der Waals surface area contributed by atoms with Gasteiger partial charge in [-0.25, -0.2) is 0 Å². The zero-order valence-electron chi connectivity index (χ0n) is 12.2. The molecular weight excluding hydrogens is 240 g/mol. The minimum Gasteiger partial charge on any atom is -0.451 e. The quantitative estimate of drug-likeness (QED) is 0.736. The van der Waals surface area contributed by atoms with Crippen molar-refractivity contribution in [1.82, 2.24) is 0 Å². The number of Topliss-reactive ketones (excluding diaryl/α,β-unsaturated/α-hetero) is 1. The molecule has 4 aliphatic carbocycles. The molecule has 106 valence electrons. The van der Waals surface area contributed by atoms with Crippen LogP contribution in [-0.4, -0.2) is 17.4 Å². The molecule has 0 N–H and O–H groups in total. The molecule has 3 heteroatoms. The van der Waals surface area contributed by atoms with Gasteiger partial charge in [-0.15, -0.1) is 0 Å². The molecular formula is C16H24O3. The number of carbonyl (C=O) groups excluding carboxylic acids is 2. The lowest BCUT2D eigenvalue weighted by Gasteiger charge is -2.55. The Morgan fingerprint density at radius 1 is 1.00 bits per heavy atom. The fourth-order valence-corrected chi connectivity index (χ4v) is 4.77. The molecule has 0 aromatic carbocycles. The van der Waals surface area contributed by atoms with Crippen molar-refractivity contribution >= 4 is 11.8 Å². The highest BCUT2D eigenvalue weighted by molar-refractivity contribution is 5.88. The maximum Gasteiger partial charge on any atom is 0.313 e. The minimum atomic E-state index is -0.972. The molecule has 0 aromatic rings. The molecule has 0 saturated heterocycles. The van der Waals surface area contributed by atoms with Gasteiger partial charge in [0.25, 0.3) is 0 Å². The molecule has 0 aromatic heterocycles. The van der Waals surface area contributed by atoms with Gasteiger partial charge in [0.05, 0.1) is 5.41 Å². The van der Waals surface area contributed by atoms with Gasteiger partial charge in [0.1, 0.15) is 0 Å². The number of hydrogen-bond acceptors (Lipinski definition) is 3. The van der Waals surface area contributed by atoms with Crippen LogP contribution in [0.2, 0.25) is 0 Å². The first-order valence-corrected chi connectivity index (χ1v) is 7.55. The van der Waals surface area contributed by atoms with Gasteiger partial charge in [-0.1, -0.05) is 0 Å². The highest BCUT2D eigenvalue weighted by atomic mass is 16.6. The van der Waals surface area contributed by atoms with Crippen molar-refractivity contribution in [3.8, 4) is 0 Å². The second-order valence-electron chi connectivity index (χ2n) is 7.65. The van der Waals surface area contributed by atoms with Crippen molar-refractivity contribution in [3.63, 3.8) is 0 Å². The van der Waals surface area contributed by atoms with Crippen molar-refractivity contribution in [3.05, 3.63) is 0 Å². The third-order valence-electron chi connectivity index (χ3n) is 5.67. The molecule has 0 radical (unpaired) electrons. The van der Waals surface area contributed by atoms with E-state index in [1.54, 1.807) is 13.8 Å². The molecule has 3 nitrogen and oxygen atoms in total. The Morgan fingerprint density at radius 2 is 1.42 bits per heavy atom. The monoisotopic (exact) mass is 264 g/mol. The summed E-state index contributed by atoms with van der Waals surface area (Å²) < 4.78 is 5.60. The standard InChI is InChI=1S/C16H24O3/c1-10(17)15(2,3)19-14(18)16-7-11-4-12(8-16)6-13(5-11)9-16/h11-13H,4-9H2,1-3H3. The summed E-state index contributed by atoms with van der Waals surface area (Å²) in [7, 11) is 0. The van der Waals surface area contributed by atoms with Crippen LogP contribution >= 0.6 is 0 Å². The van der Waals surface area contributed by atoms with Gasteiger partial charge >= 0.3 is 5.97 Å². The van der Waals surface area contributed by atoms with Crippen molar-refractivity contribution in [2.24, 2.45) is 23.2 Å². The Hall–Kier alpha value is -0.860. The topological polar surface area (TPSA) is 43.4 Å². The van der Waals surface area contributed by atoms with Crippen LogP contribution in [0.15, 0.2) is 0 Å². The summed E-state index contributed by atoms with van der Waals surface area (Å²) in [4.78, 5) is 24.2. The Morgan fingerprint density at radius 3 is 1.79 bits per heavy atom. The molecule has 0 unspecified atom stereocenters. The zero-order valence-corrected chi connectivity index (χ0v) is 12.2. The Kier molecular flexibility index (Phi) is 2.81. The van der Waals surface area contributed by atoms with E-state index >= 15 is 0 Å². The predicted molar refractivity (Wildman–Crippen MR) is 71.5 cm³/mol. The second-order valence-corrected chi connectivity index (χ2v) is 7.65. The highest BCUT2D eigenvalue weighted by Crippen LogP contribution is 2.60. The lowest BCUT2D eigenvalue weighted by Crippen LogP contribution is -2.52. The van der Waals surface area contributed by atoms with Crippen molar-refractivity contribution in [1.29, 1.82) is 0 Å². The maximum atomic E-state index is 12.6. The fraction of sp³-hybridized carbons (Fsp3) is 0.875. The Labute approximate surface area is 115 Å². The molecule has 4 saturated carbocycles. The summed E-state index contributed by atoms with van der Waals surface area (Å²) in [5.74, 6) is 1.98. The van der Waals surface area contributed by atoms with E-state index in [-0.39, 0.29) is 17.2 Å². The van der Waals surface area contributed by atoms with Crippen LogP contribution in [0.3, 0.4) is 0 Å². The molecule has 0 aliphatic heterocycles. The average Bonchev–Trinajstić information content (AvgIpc) is 2.26. The molecule has 0 heterocycles. The summed E-state index contributed by atoms with van der Waals surface area (Å²) in [6, 6.07) is 0. The van der Waals surface area contributed by atoms with Gasteiger partial charge in [-0.05, 0) is 77.0 Å². The number of ether oxygens (including phenoxy) is 1. The van der Waals surface area contributed by atoms with Crippen LogP contribution in [-0.2, 0) is 14.3 Å². The zero-order chi connectivity index (χ0) is 13.8. The van der Waals surface area contributed by atoms with Gasteiger partial charge in [0.2, 0.25) is 0 Å². The largest absolute Gasteiger partial charge is 0.451 e. The number of esters is 1. The maximum absolute atomic E-state index is 12.6. The lowest BCUT2D eigenvalue weighted by molar-refractivity contribution is -0.186. The highest BCUT2D eigenvalue weighted by Gasteiger charge is 2.56. The summed E-state index contributed by atoms with van der Waals surface area (Å²) in [6.45, 7) is 4.90. The molecule has 4 rings (SSSR count). The van der Waals surface area contributed by atoms with Crippen molar-refractivity contribution < 1.29 is 14.3 Å². The first kappa shape index (κ1) is 13.1. The van der Waals surface area contributed by atoms with Gasteiger partial charge < -0.3 is 4.74 Å². The van der Waals surface area contributed by atoms with E-state index in [0.29, 0.717) is 0 Å². The van der Waals surface area contributed by atoms with Crippen LogP contribution in [0.4, 0.5) is 0 Å². The smallest absolute Gasteiger partial charge is 0.313 e. The van der Waals surface area contributed by atoms with Crippen LogP contribution in [0.1, 0.15) is 59.3 Å². The van der Waals surface area contributed by atoms with E-state index in [1.807, 2.05) is 0 Å². The van der Waals surface area contributed by atoms with Gasteiger partial charge in [-0.2, -0.15) is 0 Å². The van der Waals surface area contributed by atoms with E-state index in [9.17, 15) is 9.59 Å². The summed E-state index contributed by atoms with van der Waals surface area (Å²) >= 11 is 0. The SMILES string of the molecule is CC(=O)C(C)(C)OC(=O)C12CC3CC(CC(C3)C1)C2. The third kappa shape index (κ3) is 2.11. The number of hydrogen-bond donors (Lipinski definition) is 0. The Bertz CT molecular complexity index is 386. The van der Waals surface area contributed by atoms with E-state index < -0.39 is 5.60 Å². The molecule has 0 atom stereocenters. The van der Waals surface area contributed by atoms with Gasteiger partial charge in [-0.3, -0.25) is 9.59 Å². The van der Waals surface area contributed by atoms with Crippen LogP contribution < -0.4 is 0 Å². The van der Waals surface area contributed by atoms with Crippen molar-refractivity contribution in [2.75, 3.05) is 0 Å². The van der Waals surface area contributed by atoms with E-state index in [0.717, 1.165) is 37.0 Å².